The molecule has 0 saturated carbocycles. The lowest BCUT2D eigenvalue weighted by molar-refractivity contribution is -0.135. The molecule has 0 spiro atoms. The number of benzene rings is 2. The minimum atomic E-state index is -0.541. The number of hydrazone groups is 1. The van der Waals surface area contributed by atoms with Crippen LogP contribution in [0.1, 0.15) is 12.5 Å². The quantitative estimate of drug-likeness (QED) is 0.361. The maximum atomic E-state index is 12.2. The molecule has 0 aliphatic rings. The minimum Gasteiger partial charge on any atom is -0.461 e. The molecule has 132 valence electrons. The van der Waals surface area contributed by atoms with Gasteiger partial charge in [0.05, 0.1) is 22.3 Å². The van der Waals surface area contributed by atoms with Gasteiger partial charge in [-0.25, -0.2) is 4.79 Å². The topological polar surface area (TPSA) is 50.7 Å². The van der Waals surface area contributed by atoms with Crippen LogP contribution in [0.25, 0.3) is 0 Å². The van der Waals surface area contributed by atoms with Crippen LogP contribution in [0.15, 0.2) is 41.5 Å². The largest absolute Gasteiger partial charge is 0.461 e. The average molecular weight is 420 g/mol. The first-order valence-electron chi connectivity index (χ1n) is 7.29. The van der Waals surface area contributed by atoms with Crippen LogP contribution >= 0.6 is 46.4 Å². The van der Waals surface area contributed by atoms with Gasteiger partial charge in [0.2, 0.25) is 0 Å². The predicted molar refractivity (Wildman–Crippen MR) is 104 cm³/mol. The molecule has 4 nitrogen and oxygen atoms in total. The van der Waals surface area contributed by atoms with Gasteiger partial charge in [0.15, 0.2) is 0 Å². The number of carbonyl (C=O) groups excluding carboxylic acids is 1. The molecular weight excluding hydrogens is 406 g/mol. The summed E-state index contributed by atoms with van der Waals surface area (Å²) in [7, 11) is 0. The molecule has 0 unspecified atom stereocenters. The molecule has 1 N–H and O–H groups in total. The van der Waals surface area contributed by atoms with Crippen molar-refractivity contribution in [1.82, 2.24) is 0 Å². The zero-order chi connectivity index (χ0) is 18.4. The highest BCUT2D eigenvalue weighted by Crippen LogP contribution is 2.25. The van der Waals surface area contributed by atoms with E-state index in [1.807, 2.05) is 0 Å². The number of ether oxygens (including phenoxy) is 1. The number of rotatable bonds is 6. The van der Waals surface area contributed by atoms with Crippen molar-refractivity contribution < 1.29 is 9.53 Å². The van der Waals surface area contributed by atoms with E-state index in [1.165, 1.54) is 0 Å². The average Bonchev–Trinajstić information content (AvgIpc) is 2.56. The molecule has 2 aromatic carbocycles. The van der Waals surface area contributed by atoms with E-state index >= 15 is 0 Å². The molecular formula is C17H14Cl4N2O2. The molecule has 0 radical (unpaired) electrons. The van der Waals surface area contributed by atoms with Crippen molar-refractivity contribution in [1.29, 1.82) is 0 Å². The number of esters is 1. The van der Waals surface area contributed by atoms with Crippen molar-refractivity contribution in [3.63, 3.8) is 0 Å². The fourth-order valence-electron chi connectivity index (χ4n) is 1.91. The summed E-state index contributed by atoms with van der Waals surface area (Å²) in [5.41, 5.74) is 4.23. The number of nitrogens with zero attached hydrogens (tertiary/aromatic N) is 1. The van der Waals surface area contributed by atoms with Crippen LogP contribution in [-0.4, -0.2) is 18.3 Å². The third-order valence-electron chi connectivity index (χ3n) is 3.12. The Morgan fingerprint density at radius 1 is 1.04 bits per heavy atom. The summed E-state index contributed by atoms with van der Waals surface area (Å²) in [5.74, 6) is -0.541. The summed E-state index contributed by atoms with van der Waals surface area (Å²) in [6, 6.07) is 9.95. The number of hydrogen-bond donors (Lipinski definition) is 1. The lowest BCUT2D eigenvalue weighted by Crippen LogP contribution is -2.21. The van der Waals surface area contributed by atoms with Crippen molar-refractivity contribution in [2.75, 3.05) is 12.0 Å². The first kappa shape index (κ1) is 19.9. The van der Waals surface area contributed by atoms with Gasteiger partial charge >= 0.3 is 5.97 Å². The zero-order valence-electron chi connectivity index (χ0n) is 13.2. The highest BCUT2D eigenvalue weighted by molar-refractivity contribution is 6.42. The van der Waals surface area contributed by atoms with Crippen LogP contribution in [0.3, 0.4) is 0 Å². The number of hydrogen-bond acceptors (Lipinski definition) is 4. The van der Waals surface area contributed by atoms with Crippen LogP contribution in [0.4, 0.5) is 5.69 Å². The third-order valence-corrected chi connectivity index (χ3v) is 4.45. The van der Waals surface area contributed by atoms with Crippen LogP contribution in [0.2, 0.25) is 20.1 Å². The fraction of sp³-hybridized carbons (Fsp3) is 0.176. The lowest BCUT2D eigenvalue weighted by Gasteiger charge is -2.09. The summed E-state index contributed by atoms with van der Waals surface area (Å²) in [5, 5.41) is 5.90. The standard InChI is InChI=1S/C17H14Cl4N2O2/c1-2-25-17(24)16(7-10-3-4-11(18)8-14(10)20)23-22-12-5-6-13(19)15(21)9-12/h3-6,8-9,22H,2,7H2,1H3. The maximum Gasteiger partial charge on any atom is 0.354 e. The molecule has 2 aromatic rings. The van der Waals surface area contributed by atoms with E-state index in [2.05, 4.69) is 10.5 Å². The number of carbonyl (C=O) groups is 1. The number of halogens is 4. The molecule has 0 aromatic heterocycles. The van der Waals surface area contributed by atoms with Gasteiger partial charge in [-0.1, -0.05) is 52.5 Å². The van der Waals surface area contributed by atoms with Gasteiger partial charge < -0.3 is 4.74 Å². The number of anilines is 1. The summed E-state index contributed by atoms with van der Waals surface area (Å²) >= 11 is 23.9. The van der Waals surface area contributed by atoms with Crippen LogP contribution < -0.4 is 5.43 Å². The van der Waals surface area contributed by atoms with Crippen molar-refractivity contribution in [2.45, 2.75) is 13.3 Å². The summed E-state index contributed by atoms with van der Waals surface area (Å²) in [4.78, 5) is 12.2. The Labute approximate surface area is 165 Å². The van der Waals surface area contributed by atoms with Crippen molar-refractivity contribution in [3.8, 4) is 0 Å². The Bertz CT molecular complexity index is 809. The van der Waals surface area contributed by atoms with E-state index in [1.54, 1.807) is 43.3 Å². The van der Waals surface area contributed by atoms with Gasteiger partial charge in [-0.3, -0.25) is 5.43 Å². The number of nitrogens with one attached hydrogen (secondary N) is 1. The van der Waals surface area contributed by atoms with Gasteiger partial charge in [-0.15, -0.1) is 0 Å². The Morgan fingerprint density at radius 3 is 2.44 bits per heavy atom. The van der Waals surface area contributed by atoms with Crippen LogP contribution in [0.5, 0.6) is 0 Å². The molecule has 0 fully saturated rings. The second-order valence-electron chi connectivity index (χ2n) is 4.93. The van der Waals surface area contributed by atoms with Crippen LogP contribution in [0, 0.1) is 0 Å². The Morgan fingerprint density at radius 2 is 1.80 bits per heavy atom. The van der Waals surface area contributed by atoms with Gasteiger partial charge in [0.25, 0.3) is 0 Å². The third kappa shape index (κ3) is 5.79. The molecule has 0 heterocycles. The molecule has 0 atom stereocenters. The molecule has 0 aliphatic carbocycles. The van der Waals surface area contributed by atoms with E-state index in [9.17, 15) is 4.79 Å². The SMILES string of the molecule is CCOC(=O)C(Cc1ccc(Cl)cc1Cl)=NNc1ccc(Cl)c(Cl)c1. The highest BCUT2D eigenvalue weighted by atomic mass is 35.5. The van der Waals surface area contributed by atoms with E-state index in [0.717, 1.165) is 0 Å². The van der Waals surface area contributed by atoms with Crippen molar-refractivity contribution >= 4 is 63.8 Å². The summed E-state index contributed by atoms with van der Waals surface area (Å²) in [6.45, 7) is 1.95. The lowest BCUT2D eigenvalue weighted by atomic mass is 10.1. The van der Waals surface area contributed by atoms with Gasteiger partial charge in [0, 0.05) is 16.5 Å². The Hall–Kier alpha value is -1.46. The molecule has 0 aliphatic heterocycles. The van der Waals surface area contributed by atoms with Crippen LogP contribution in [-0.2, 0) is 16.0 Å². The Balaban J connectivity index is 2.25. The molecule has 0 bridgehead atoms. The predicted octanol–water partition coefficient (Wildman–Crippen LogP) is 5.87. The van der Waals surface area contributed by atoms with E-state index in [-0.39, 0.29) is 18.7 Å². The second-order valence-corrected chi connectivity index (χ2v) is 6.59. The summed E-state index contributed by atoms with van der Waals surface area (Å²) < 4.78 is 5.05. The molecule has 8 heteroatoms. The van der Waals surface area contributed by atoms with E-state index in [0.29, 0.717) is 31.3 Å². The fourth-order valence-corrected chi connectivity index (χ4v) is 2.69. The zero-order valence-corrected chi connectivity index (χ0v) is 16.2. The highest BCUT2D eigenvalue weighted by Gasteiger charge is 2.16. The molecule has 0 saturated heterocycles. The van der Waals surface area contributed by atoms with Gasteiger partial charge in [-0.05, 0) is 42.8 Å². The molecule has 0 amide bonds. The summed E-state index contributed by atoms with van der Waals surface area (Å²) in [6.07, 6.45) is 0.184. The van der Waals surface area contributed by atoms with Gasteiger partial charge in [0.1, 0.15) is 5.71 Å². The molecule has 2 rings (SSSR count). The minimum absolute atomic E-state index is 0.164. The smallest absolute Gasteiger partial charge is 0.354 e. The molecule has 25 heavy (non-hydrogen) atoms. The normalized spacial score (nSPS) is 11.3. The van der Waals surface area contributed by atoms with Crippen molar-refractivity contribution in [3.05, 3.63) is 62.1 Å². The first-order chi connectivity index (χ1) is 11.9. The first-order valence-corrected chi connectivity index (χ1v) is 8.80. The van der Waals surface area contributed by atoms with E-state index in [4.69, 9.17) is 51.1 Å². The Kier molecular flexibility index (Phi) is 7.38. The van der Waals surface area contributed by atoms with Crippen molar-refractivity contribution in [2.24, 2.45) is 5.10 Å². The maximum absolute atomic E-state index is 12.2. The van der Waals surface area contributed by atoms with E-state index < -0.39 is 5.97 Å². The monoisotopic (exact) mass is 418 g/mol. The van der Waals surface area contributed by atoms with Gasteiger partial charge in [-0.2, -0.15) is 5.10 Å². The second kappa shape index (κ2) is 9.30.